The minimum absolute atomic E-state index is 0.00640. The number of likely N-dealkylation sites (tertiary alicyclic amines) is 1. The predicted molar refractivity (Wildman–Crippen MR) is 170 cm³/mol. The van der Waals surface area contributed by atoms with E-state index in [0.717, 1.165) is 25.2 Å². The van der Waals surface area contributed by atoms with Crippen LogP contribution in [0.1, 0.15) is 67.1 Å². The van der Waals surface area contributed by atoms with Crippen molar-refractivity contribution in [1.29, 1.82) is 0 Å². The summed E-state index contributed by atoms with van der Waals surface area (Å²) in [5, 5.41) is 0.303. The highest BCUT2D eigenvalue weighted by Gasteiger charge is 2.45. The van der Waals surface area contributed by atoms with Gasteiger partial charge in [-0.3, -0.25) is 9.10 Å². The van der Waals surface area contributed by atoms with Crippen LogP contribution in [0.25, 0.3) is 0 Å². The zero-order valence-corrected chi connectivity index (χ0v) is 28.3. The van der Waals surface area contributed by atoms with Crippen molar-refractivity contribution in [2.45, 2.75) is 75.5 Å². The molecule has 14 heteroatoms. The minimum atomic E-state index is -4.78. The number of hydrogen-bond acceptors (Lipinski definition) is 5. The number of nitrogens with zero attached hydrogens (tertiary/aromatic N) is 3. The largest absolute Gasteiger partial charge is 0.407 e. The van der Waals surface area contributed by atoms with E-state index in [1.807, 2.05) is 7.05 Å². The first-order chi connectivity index (χ1) is 22.0. The number of sulfonamides is 1. The van der Waals surface area contributed by atoms with Crippen LogP contribution in [0.2, 0.25) is 5.02 Å². The van der Waals surface area contributed by atoms with E-state index in [4.69, 9.17) is 16.3 Å². The first-order valence-corrected chi connectivity index (χ1v) is 18.1. The first kappa shape index (κ1) is 35.8. The lowest BCUT2D eigenvalue weighted by molar-refractivity contribution is -0.137. The third-order valence-electron chi connectivity index (χ3n) is 10.1. The summed E-state index contributed by atoms with van der Waals surface area (Å²) < 4.78 is 101. The lowest BCUT2D eigenvalue weighted by Gasteiger charge is -2.37. The molecule has 1 aliphatic carbocycles. The van der Waals surface area contributed by atoms with Crippen molar-refractivity contribution in [2.24, 2.45) is 5.92 Å². The molecule has 2 heterocycles. The highest BCUT2D eigenvalue weighted by molar-refractivity contribution is 7.92. The average Bonchev–Trinajstić information content (AvgIpc) is 3.45. The lowest BCUT2D eigenvalue weighted by Crippen LogP contribution is -2.44. The van der Waals surface area contributed by atoms with Crippen molar-refractivity contribution in [3.05, 3.63) is 63.7 Å². The Bertz CT molecular complexity index is 1560. The molecule has 2 aromatic rings. The number of aryl methyl sites for hydroxylation is 1. The van der Waals surface area contributed by atoms with Crippen molar-refractivity contribution in [3.8, 4) is 0 Å². The number of benzene rings is 2. The van der Waals surface area contributed by atoms with Crippen molar-refractivity contribution in [1.82, 2.24) is 9.80 Å². The van der Waals surface area contributed by atoms with Crippen LogP contribution < -0.4 is 4.31 Å². The van der Waals surface area contributed by atoms with Gasteiger partial charge in [0.2, 0.25) is 15.9 Å². The number of amides is 1. The van der Waals surface area contributed by atoms with E-state index in [0.29, 0.717) is 64.9 Å². The van der Waals surface area contributed by atoms with Gasteiger partial charge in [-0.15, -0.1) is 0 Å². The fraction of sp³-hybridized carbons (Fsp3) is 0.606. The molecule has 2 aliphatic heterocycles. The Kier molecular flexibility index (Phi) is 10.8. The van der Waals surface area contributed by atoms with Gasteiger partial charge < -0.3 is 14.5 Å². The van der Waals surface area contributed by atoms with Gasteiger partial charge >= 0.3 is 6.18 Å². The number of carbonyl (C=O) groups excluding carboxylic acids is 1. The third-order valence-corrected chi connectivity index (χ3v) is 11.6. The summed E-state index contributed by atoms with van der Waals surface area (Å²) >= 11 is 6.39. The molecule has 1 amide bonds. The average molecular weight is 706 g/mol. The van der Waals surface area contributed by atoms with Crippen LogP contribution in [0.5, 0.6) is 0 Å². The number of hydrogen-bond donors (Lipinski definition) is 0. The van der Waals surface area contributed by atoms with Crippen LogP contribution in [-0.2, 0) is 19.6 Å². The molecule has 0 radical (unpaired) electrons. The monoisotopic (exact) mass is 705 g/mol. The summed E-state index contributed by atoms with van der Waals surface area (Å²) in [5.41, 5.74) is 1.06. The van der Waals surface area contributed by atoms with Crippen molar-refractivity contribution in [3.63, 3.8) is 0 Å². The molecule has 47 heavy (non-hydrogen) atoms. The number of rotatable bonds is 8. The second-order valence-electron chi connectivity index (χ2n) is 13.2. The van der Waals surface area contributed by atoms with Crippen molar-refractivity contribution in [2.75, 3.05) is 50.5 Å². The van der Waals surface area contributed by atoms with E-state index in [1.54, 1.807) is 11.8 Å². The summed E-state index contributed by atoms with van der Waals surface area (Å²) in [4.78, 5) is 18.2. The normalized spacial score (nSPS) is 23.4. The fourth-order valence-electron chi connectivity index (χ4n) is 7.57. The van der Waals surface area contributed by atoms with E-state index in [2.05, 4.69) is 4.90 Å². The Morgan fingerprint density at radius 1 is 1.00 bits per heavy atom. The maximum absolute atomic E-state index is 15.1. The molecule has 0 spiro atoms. The maximum Gasteiger partial charge on any atom is 0.407 e. The van der Waals surface area contributed by atoms with Gasteiger partial charge in [0.15, 0.2) is 0 Å². The molecular formula is C33H41ClF5N3O4S. The number of carbonyl (C=O) groups is 1. The number of piperidine rings is 1. The van der Waals surface area contributed by atoms with Gasteiger partial charge in [0.1, 0.15) is 18.2 Å². The standard InChI is InChI=1S/C33H41ClF5N3O4S/c1-20-14-31(42(47(3,44)45)19-33(37,38)39)26(18-29(20)34)21-6-10-41(11-7-21)32(43)28-17-24(40(2)23-8-12-46-13-9-23)16-27(28)25-5-4-22(35)15-30(25)36/h4-5,14-15,18,21,23-24,27-28H,6-13,16-17,19H2,1-3H3/t24?,27?,28-/m1/s1. The summed E-state index contributed by atoms with van der Waals surface area (Å²) in [7, 11) is -2.27. The molecule has 0 bridgehead atoms. The van der Waals surface area contributed by atoms with Crippen LogP contribution in [0.3, 0.4) is 0 Å². The Morgan fingerprint density at radius 2 is 1.66 bits per heavy atom. The van der Waals surface area contributed by atoms with Gasteiger partial charge in [-0.1, -0.05) is 17.7 Å². The minimum Gasteiger partial charge on any atom is -0.381 e. The molecule has 2 aromatic carbocycles. The molecule has 5 rings (SSSR count). The predicted octanol–water partition coefficient (Wildman–Crippen LogP) is 6.63. The Morgan fingerprint density at radius 3 is 2.26 bits per heavy atom. The van der Waals surface area contributed by atoms with E-state index in [9.17, 15) is 30.8 Å². The van der Waals surface area contributed by atoms with Crippen LogP contribution in [0.15, 0.2) is 30.3 Å². The zero-order valence-electron chi connectivity index (χ0n) is 26.7. The van der Waals surface area contributed by atoms with Gasteiger partial charge in [0.25, 0.3) is 0 Å². The summed E-state index contributed by atoms with van der Waals surface area (Å²) in [6.07, 6.45) is -0.532. The van der Waals surface area contributed by atoms with Gasteiger partial charge in [0.05, 0.1) is 11.9 Å². The molecule has 2 unspecified atom stereocenters. The smallest absolute Gasteiger partial charge is 0.381 e. The molecular weight excluding hydrogens is 665 g/mol. The second-order valence-corrected chi connectivity index (χ2v) is 15.5. The molecule has 0 aromatic heterocycles. The fourth-order valence-corrected chi connectivity index (χ4v) is 8.64. The van der Waals surface area contributed by atoms with Crippen LogP contribution in [-0.4, -0.2) is 88.5 Å². The van der Waals surface area contributed by atoms with Crippen LogP contribution >= 0.6 is 11.6 Å². The van der Waals surface area contributed by atoms with Gasteiger partial charge in [0, 0.05) is 55.4 Å². The maximum atomic E-state index is 15.1. The highest BCUT2D eigenvalue weighted by Crippen LogP contribution is 2.46. The van der Waals surface area contributed by atoms with E-state index >= 15 is 4.39 Å². The molecule has 0 N–H and O–H groups in total. The third kappa shape index (κ3) is 8.22. The second kappa shape index (κ2) is 14.2. The molecule has 3 aliphatic rings. The van der Waals surface area contributed by atoms with E-state index < -0.39 is 46.2 Å². The number of anilines is 1. The highest BCUT2D eigenvalue weighted by atomic mass is 35.5. The Hall–Kier alpha value is -2.48. The van der Waals surface area contributed by atoms with Gasteiger partial charge in [-0.25, -0.2) is 17.2 Å². The summed E-state index contributed by atoms with van der Waals surface area (Å²) in [6, 6.07) is 6.67. The van der Waals surface area contributed by atoms with Crippen LogP contribution in [0, 0.1) is 24.5 Å². The topological polar surface area (TPSA) is 70.2 Å². The lowest BCUT2D eigenvalue weighted by atomic mass is 9.85. The molecule has 260 valence electrons. The van der Waals surface area contributed by atoms with Gasteiger partial charge in [-0.2, -0.15) is 13.2 Å². The van der Waals surface area contributed by atoms with Crippen molar-refractivity contribution < 1.29 is 39.9 Å². The van der Waals surface area contributed by atoms with Gasteiger partial charge in [-0.05, 0) is 99.2 Å². The Balaban J connectivity index is 1.37. The molecule has 3 fully saturated rings. The van der Waals surface area contributed by atoms with Crippen LogP contribution in [0.4, 0.5) is 27.6 Å². The number of ether oxygens (including phenoxy) is 1. The Labute approximate surface area is 278 Å². The summed E-state index contributed by atoms with van der Waals surface area (Å²) in [6.45, 7) is 1.79. The quantitative estimate of drug-likeness (QED) is 0.289. The SMILES string of the molecule is Cc1cc(N(CC(F)(F)F)S(C)(=O)=O)c(C2CCN(C(=O)[C@@H]3CC(N(C)C4CCOCC4)CC3c3ccc(F)cc3F)CC2)cc1Cl. The molecule has 2 saturated heterocycles. The van der Waals surface area contributed by atoms with Crippen molar-refractivity contribution >= 4 is 33.2 Å². The zero-order chi connectivity index (χ0) is 34.3. The molecule has 1 saturated carbocycles. The number of halogens is 6. The summed E-state index contributed by atoms with van der Waals surface area (Å²) in [5.74, 6) is -2.87. The number of alkyl halides is 3. The first-order valence-electron chi connectivity index (χ1n) is 15.9. The van der Waals surface area contributed by atoms with E-state index in [1.165, 1.54) is 24.3 Å². The molecule has 3 atom stereocenters. The molecule has 7 nitrogen and oxygen atoms in total. The van der Waals surface area contributed by atoms with E-state index in [-0.39, 0.29) is 42.7 Å².